The first-order valence-corrected chi connectivity index (χ1v) is 9.71. The van der Waals surface area contributed by atoms with Gasteiger partial charge in [-0.15, -0.1) is 10.2 Å². The zero-order valence-corrected chi connectivity index (χ0v) is 16.4. The molecule has 0 radical (unpaired) electrons. The van der Waals surface area contributed by atoms with E-state index in [2.05, 4.69) is 48.6 Å². The predicted molar refractivity (Wildman–Crippen MR) is 108 cm³/mol. The molecule has 1 aliphatic heterocycles. The lowest BCUT2D eigenvalue weighted by molar-refractivity contribution is 0.411. The quantitative estimate of drug-likeness (QED) is 0.528. The van der Waals surface area contributed by atoms with Crippen molar-refractivity contribution in [3.8, 4) is 22.8 Å². The van der Waals surface area contributed by atoms with Crippen LogP contribution in [-0.2, 0) is 6.54 Å². The van der Waals surface area contributed by atoms with Crippen molar-refractivity contribution in [2.75, 3.05) is 11.4 Å². The highest BCUT2D eigenvalue weighted by molar-refractivity contribution is 5.58. The molecular formula is C21H21N7O. The monoisotopic (exact) mass is 387 g/mol. The summed E-state index contributed by atoms with van der Waals surface area (Å²) in [5.74, 6) is 2.86. The van der Waals surface area contributed by atoms with Crippen LogP contribution < -0.4 is 4.90 Å². The highest BCUT2D eigenvalue weighted by Crippen LogP contribution is 2.32. The first-order chi connectivity index (χ1) is 14.2. The first-order valence-electron chi connectivity index (χ1n) is 9.71. The Morgan fingerprint density at radius 2 is 1.76 bits per heavy atom. The van der Waals surface area contributed by atoms with Crippen LogP contribution in [0.5, 0.6) is 0 Å². The molecule has 146 valence electrons. The van der Waals surface area contributed by atoms with E-state index in [-0.39, 0.29) is 6.04 Å². The van der Waals surface area contributed by atoms with Crippen LogP contribution in [0.2, 0.25) is 0 Å². The molecule has 3 aromatic heterocycles. The molecule has 1 aromatic carbocycles. The maximum atomic E-state index is 5.53. The van der Waals surface area contributed by atoms with E-state index in [4.69, 9.17) is 4.52 Å². The van der Waals surface area contributed by atoms with Crippen LogP contribution in [-0.4, -0.2) is 36.4 Å². The summed E-state index contributed by atoms with van der Waals surface area (Å²) >= 11 is 0. The Morgan fingerprint density at radius 3 is 2.55 bits per heavy atom. The van der Waals surface area contributed by atoms with Gasteiger partial charge in [0, 0.05) is 36.6 Å². The van der Waals surface area contributed by atoms with Crippen molar-refractivity contribution < 1.29 is 4.52 Å². The second-order valence-electron chi connectivity index (χ2n) is 7.26. The largest absolute Gasteiger partial charge is 0.334 e. The first kappa shape index (κ1) is 17.5. The molecule has 0 fully saturated rings. The van der Waals surface area contributed by atoms with Crippen LogP contribution in [0.4, 0.5) is 5.95 Å². The molecule has 0 saturated carbocycles. The Kier molecular flexibility index (Phi) is 4.31. The van der Waals surface area contributed by atoms with Gasteiger partial charge in [0.2, 0.25) is 5.95 Å². The third-order valence-corrected chi connectivity index (χ3v) is 5.29. The van der Waals surface area contributed by atoms with Crippen molar-refractivity contribution in [1.29, 1.82) is 0 Å². The van der Waals surface area contributed by atoms with Gasteiger partial charge < -0.3 is 9.42 Å². The van der Waals surface area contributed by atoms with Crippen LogP contribution in [0.3, 0.4) is 0 Å². The number of hydrogen-bond acceptors (Lipinski definition) is 7. The molecule has 8 nitrogen and oxygen atoms in total. The number of anilines is 1. The number of benzene rings is 1. The van der Waals surface area contributed by atoms with Gasteiger partial charge in [-0.05, 0) is 44.5 Å². The number of aryl methyl sites for hydroxylation is 1. The Balaban J connectivity index is 1.44. The van der Waals surface area contributed by atoms with Gasteiger partial charge in [0.25, 0.3) is 5.89 Å². The molecule has 4 aromatic rings. The third-order valence-electron chi connectivity index (χ3n) is 5.29. The van der Waals surface area contributed by atoms with E-state index in [1.807, 2.05) is 36.4 Å². The summed E-state index contributed by atoms with van der Waals surface area (Å²) in [4.78, 5) is 10.9. The van der Waals surface area contributed by atoms with Crippen molar-refractivity contribution >= 4 is 5.95 Å². The van der Waals surface area contributed by atoms with Gasteiger partial charge in [0.15, 0.2) is 11.6 Å². The molecular weight excluding hydrogens is 366 g/mol. The third kappa shape index (κ3) is 3.16. The SMILES string of the molecule is Cc1ccc(-c2nc(C(C)N3CCCn4c(-c5ccncc5)nnc43)no2)cc1. The number of aromatic nitrogens is 6. The Hall–Kier alpha value is -3.55. The summed E-state index contributed by atoms with van der Waals surface area (Å²) in [5, 5.41) is 13.1. The summed E-state index contributed by atoms with van der Waals surface area (Å²) in [6, 6.07) is 11.9. The molecule has 8 heteroatoms. The summed E-state index contributed by atoms with van der Waals surface area (Å²) in [5.41, 5.74) is 3.12. The van der Waals surface area contributed by atoms with Crippen LogP contribution in [0, 0.1) is 6.92 Å². The molecule has 1 aliphatic rings. The average Bonchev–Trinajstić information content (AvgIpc) is 3.42. The number of hydrogen-bond donors (Lipinski definition) is 0. The fraction of sp³-hybridized carbons (Fsp3) is 0.286. The lowest BCUT2D eigenvalue weighted by atomic mass is 10.1. The van der Waals surface area contributed by atoms with Crippen molar-refractivity contribution in [1.82, 2.24) is 29.9 Å². The average molecular weight is 387 g/mol. The van der Waals surface area contributed by atoms with E-state index in [1.54, 1.807) is 12.4 Å². The van der Waals surface area contributed by atoms with Crippen molar-refractivity contribution in [3.63, 3.8) is 0 Å². The smallest absolute Gasteiger partial charge is 0.257 e. The van der Waals surface area contributed by atoms with Crippen LogP contribution in [0.15, 0.2) is 53.3 Å². The fourth-order valence-electron chi connectivity index (χ4n) is 3.65. The molecule has 0 saturated heterocycles. The number of rotatable bonds is 4. The number of nitrogens with zero attached hydrogens (tertiary/aromatic N) is 7. The topological polar surface area (TPSA) is 85.8 Å². The van der Waals surface area contributed by atoms with Crippen LogP contribution in [0.25, 0.3) is 22.8 Å². The van der Waals surface area contributed by atoms with E-state index in [1.165, 1.54) is 5.56 Å². The van der Waals surface area contributed by atoms with Gasteiger partial charge in [0.05, 0.1) is 6.04 Å². The van der Waals surface area contributed by atoms with E-state index in [0.717, 1.165) is 42.4 Å². The second kappa shape index (κ2) is 7.12. The van der Waals surface area contributed by atoms with Gasteiger partial charge in [-0.25, -0.2) is 0 Å². The summed E-state index contributed by atoms with van der Waals surface area (Å²) in [6.07, 6.45) is 4.54. The van der Waals surface area contributed by atoms with Crippen molar-refractivity contribution in [2.45, 2.75) is 32.9 Å². The minimum Gasteiger partial charge on any atom is -0.334 e. The van der Waals surface area contributed by atoms with E-state index >= 15 is 0 Å². The highest BCUT2D eigenvalue weighted by atomic mass is 16.5. The van der Waals surface area contributed by atoms with E-state index < -0.39 is 0 Å². The maximum absolute atomic E-state index is 5.53. The van der Waals surface area contributed by atoms with Crippen molar-refractivity contribution in [3.05, 3.63) is 60.2 Å². The molecule has 29 heavy (non-hydrogen) atoms. The molecule has 0 aliphatic carbocycles. The molecule has 1 unspecified atom stereocenters. The van der Waals surface area contributed by atoms with Gasteiger partial charge in [-0.3, -0.25) is 9.55 Å². The zero-order valence-electron chi connectivity index (χ0n) is 16.4. The minimum absolute atomic E-state index is 0.0773. The minimum atomic E-state index is -0.0773. The number of pyridine rings is 1. The summed E-state index contributed by atoms with van der Waals surface area (Å²) in [7, 11) is 0. The molecule has 0 N–H and O–H groups in total. The number of fused-ring (bicyclic) bond motifs is 1. The Morgan fingerprint density at radius 1 is 0.966 bits per heavy atom. The fourth-order valence-corrected chi connectivity index (χ4v) is 3.65. The molecule has 1 atom stereocenters. The van der Waals surface area contributed by atoms with Crippen LogP contribution in [0.1, 0.15) is 30.8 Å². The molecule has 0 spiro atoms. The van der Waals surface area contributed by atoms with Gasteiger partial charge >= 0.3 is 0 Å². The normalized spacial score (nSPS) is 14.6. The van der Waals surface area contributed by atoms with Crippen LogP contribution >= 0.6 is 0 Å². The summed E-state index contributed by atoms with van der Waals surface area (Å²) < 4.78 is 7.68. The molecule has 5 rings (SSSR count). The lowest BCUT2D eigenvalue weighted by Crippen LogP contribution is -2.35. The summed E-state index contributed by atoms with van der Waals surface area (Å²) in [6.45, 7) is 5.87. The van der Waals surface area contributed by atoms with E-state index in [0.29, 0.717) is 11.7 Å². The van der Waals surface area contributed by atoms with Crippen molar-refractivity contribution in [2.24, 2.45) is 0 Å². The standard InChI is InChI=1S/C21H21N7O/c1-14-4-6-17(7-5-14)20-23-18(26-29-20)15(2)27-12-3-13-28-19(24-25-21(27)28)16-8-10-22-11-9-16/h4-11,15H,3,12-13H2,1-2H3. The van der Waals surface area contributed by atoms with E-state index in [9.17, 15) is 0 Å². The highest BCUT2D eigenvalue weighted by Gasteiger charge is 2.29. The molecule has 4 heterocycles. The molecule has 0 amide bonds. The predicted octanol–water partition coefficient (Wildman–Crippen LogP) is 3.67. The van der Waals surface area contributed by atoms with Gasteiger partial charge in [-0.1, -0.05) is 22.9 Å². The Bertz CT molecular complexity index is 1120. The van der Waals surface area contributed by atoms with Gasteiger partial charge in [-0.2, -0.15) is 4.98 Å². The zero-order chi connectivity index (χ0) is 19.8. The maximum Gasteiger partial charge on any atom is 0.257 e. The Labute approximate surface area is 168 Å². The lowest BCUT2D eigenvalue weighted by Gasteiger charge is -2.32. The van der Waals surface area contributed by atoms with Gasteiger partial charge in [0.1, 0.15) is 0 Å². The molecule has 0 bridgehead atoms. The second-order valence-corrected chi connectivity index (χ2v) is 7.26.